The Hall–Kier alpha value is -5.13. The van der Waals surface area contributed by atoms with Gasteiger partial charge in [0, 0.05) is 73.4 Å². The molecule has 2 aromatic rings. The molecule has 3 amide bonds. The number of fused-ring (bicyclic) bond motifs is 2. The molecule has 1 radical (unpaired) electrons. The van der Waals surface area contributed by atoms with Crippen LogP contribution in [0.15, 0.2) is 66.4 Å². The van der Waals surface area contributed by atoms with Crippen LogP contribution in [-0.4, -0.2) is 84.3 Å². The summed E-state index contributed by atoms with van der Waals surface area (Å²) in [5.41, 5.74) is 6.81. The number of nitrogens with zero attached hydrogens (tertiary/aromatic N) is 2. The smallest absolute Gasteiger partial charge is 0.305 e. The number of Topliss-reactive ketones (excluding diaryl/α,β-unsaturated/α-hetero) is 1. The van der Waals surface area contributed by atoms with Crippen LogP contribution in [0.5, 0.6) is 0 Å². The standard InChI is InChI=1S/C40H49FN5O6/c1-39(2)27-13-6-8-15-30(27)45(5)33(39)17-12-18-34-40(3,4)28-14-7-9-16-31(28)46(34)24-11-10-19-35(48)42-22-23-43-36(49)20-21-37(50)44-29(25-38(51)52)32(47)26-41/h6-9,12,14-18,29H,10-11,19-26H2,1-5H3,(H3-,42,43,44,48,49,50,51,52)/p+1. The monoisotopic (exact) mass is 715 g/mol. The Bertz CT molecular complexity index is 1780. The van der Waals surface area contributed by atoms with E-state index in [-0.39, 0.29) is 42.7 Å². The number of carboxylic acid groups (broad SMARTS) is 1. The van der Waals surface area contributed by atoms with E-state index in [9.17, 15) is 28.4 Å². The number of rotatable bonds is 18. The van der Waals surface area contributed by atoms with Crippen molar-refractivity contribution in [2.45, 2.75) is 83.1 Å². The molecule has 0 saturated carbocycles. The highest BCUT2D eigenvalue weighted by Crippen LogP contribution is 2.47. The van der Waals surface area contributed by atoms with Crippen molar-refractivity contribution in [3.63, 3.8) is 0 Å². The first-order valence-corrected chi connectivity index (χ1v) is 17.7. The summed E-state index contributed by atoms with van der Waals surface area (Å²) < 4.78 is 14.9. The largest absolute Gasteiger partial charge is 0.481 e. The van der Waals surface area contributed by atoms with Gasteiger partial charge in [-0.2, -0.15) is 4.58 Å². The number of nitrogens with one attached hydrogen (secondary N) is 3. The number of allylic oxidation sites excluding steroid dienone is 4. The highest BCUT2D eigenvalue weighted by Gasteiger charge is 2.43. The zero-order valence-electron chi connectivity index (χ0n) is 30.7. The summed E-state index contributed by atoms with van der Waals surface area (Å²) in [4.78, 5) is 61.4. The highest BCUT2D eigenvalue weighted by molar-refractivity contribution is 6.03. The number of unbranched alkanes of at least 4 members (excludes halogenated alkanes) is 1. The third-order valence-electron chi connectivity index (χ3n) is 9.75. The molecular weight excluding hydrogens is 665 g/mol. The Kier molecular flexibility index (Phi) is 13.3. The van der Waals surface area contributed by atoms with Crippen molar-refractivity contribution in [2.75, 3.05) is 38.3 Å². The fourth-order valence-corrected chi connectivity index (χ4v) is 6.96. The maximum Gasteiger partial charge on any atom is 0.305 e. The molecule has 11 nitrogen and oxygen atoms in total. The molecule has 2 aliphatic rings. The number of carboxylic acids is 1. The van der Waals surface area contributed by atoms with Crippen molar-refractivity contribution in [3.8, 4) is 0 Å². The molecule has 277 valence electrons. The van der Waals surface area contributed by atoms with Gasteiger partial charge in [0.15, 0.2) is 11.5 Å². The molecule has 4 rings (SSSR count). The van der Waals surface area contributed by atoms with Crippen molar-refractivity contribution in [2.24, 2.45) is 0 Å². The van der Waals surface area contributed by atoms with Crippen molar-refractivity contribution >= 4 is 46.6 Å². The topological polar surface area (TPSA) is 148 Å². The summed E-state index contributed by atoms with van der Waals surface area (Å²) in [6.07, 6.45) is 7.09. The zero-order valence-corrected chi connectivity index (χ0v) is 30.7. The first-order chi connectivity index (χ1) is 24.7. The molecular formula is C40H50FN5O6+. The molecule has 52 heavy (non-hydrogen) atoms. The number of aliphatic carboxylic acids is 1. The van der Waals surface area contributed by atoms with Gasteiger partial charge in [-0.3, -0.25) is 24.0 Å². The van der Waals surface area contributed by atoms with Crippen molar-refractivity contribution in [1.82, 2.24) is 16.0 Å². The fraction of sp³-hybridized carbons (Fsp3) is 0.450. The number of halogens is 1. The van der Waals surface area contributed by atoms with E-state index in [2.05, 4.69) is 115 Å². The lowest BCUT2D eigenvalue weighted by Gasteiger charge is -2.27. The van der Waals surface area contributed by atoms with Gasteiger partial charge in [0.2, 0.25) is 23.4 Å². The minimum Gasteiger partial charge on any atom is -0.481 e. The number of carbonyl (C=O) groups is 5. The van der Waals surface area contributed by atoms with Gasteiger partial charge in [0.25, 0.3) is 0 Å². The Morgan fingerprint density at radius 3 is 2.27 bits per heavy atom. The third-order valence-corrected chi connectivity index (χ3v) is 9.75. The second kappa shape index (κ2) is 17.4. The summed E-state index contributed by atoms with van der Waals surface area (Å²) in [6.45, 7) is 8.65. The SMILES string of the molecule is C[N+]1=C(C=CC=C2N(CCCCC(=O)NCCNC(=O)CCC(=O)NC(CC(=O)O)C(=O)CF)c3ccccc3C2(C)C)C(C)(C)c2[c]cccc21. The van der Waals surface area contributed by atoms with Crippen LogP contribution in [0.1, 0.15) is 77.3 Å². The van der Waals surface area contributed by atoms with E-state index in [1.165, 1.54) is 33.9 Å². The molecule has 2 aromatic carbocycles. The number of hydrogen-bond acceptors (Lipinski definition) is 6. The maximum atomic E-state index is 12.7. The highest BCUT2D eigenvalue weighted by atomic mass is 19.1. The van der Waals surface area contributed by atoms with Gasteiger partial charge < -0.3 is 26.0 Å². The zero-order chi connectivity index (χ0) is 38.1. The molecule has 0 spiro atoms. The summed E-state index contributed by atoms with van der Waals surface area (Å²) in [7, 11) is 2.10. The van der Waals surface area contributed by atoms with E-state index in [4.69, 9.17) is 5.11 Å². The summed E-state index contributed by atoms with van der Waals surface area (Å²) in [6, 6.07) is 16.5. The Balaban J connectivity index is 1.23. The molecule has 0 aliphatic carbocycles. The summed E-state index contributed by atoms with van der Waals surface area (Å²) in [5.74, 6) is -3.73. The minimum atomic E-state index is -1.48. The van der Waals surface area contributed by atoms with E-state index >= 15 is 0 Å². The van der Waals surface area contributed by atoms with Gasteiger partial charge >= 0.3 is 5.97 Å². The van der Waals surface area contributed by atoms with Crippen molar-refractivity contribution in [1.29, 1.82) is 0 Å². The number of ketones is 1. The predicted molar refractivity (Wildman–Crippen MR) is 197 cm³/mol. The van der Waals surface area contributed by atoms with Crippen molar-refractivity contribution in [3.05, 3.63) is 83.6 Å². The molecule has 0 saturated heterocycles. The number of amides is 3. The van der Waals surface area contributed by atoms with Gasteiger partial charge in [-0.25, -0.2) is 4.39 Å². The average molecular weight is 716 g/mol. The average Bonchev–Trinajstić information content (AvgIpc) is 3.44. The van der Waals surface area contributed by atoms with Crippen LogP contribution in [0.3, 0.4) is 0 Å². The number of alkyl halides is 1. The van der Waals surface area contributed by atoms with Crippen LogP contribution >= 0.6 is 0 Å². The van der Waals surface area contributed by atoms with Crippen molar-refractivity contribution < 1.29 is 38.0 Å². The first-order valence-electron chi connectivity index (χ1n) is 17.7. The van der Waals surface area contributed by atoms with Gasteiger partial charge in [0.1, 0.15) is 19.8 Å². The van der Waals surface area contributed by atoms with Crippen LogP contribution in [-0.2, 0) is 34.8 Å². The first kappa shape index (κ1) is 39.7. The third kappa shape index (κ3) is 9.40. The van der Waals surface area contributed by atoms with E-state index in [1.54, 1.807) is 0 Å². The van der Waals surface area contributed by atoms with Crippen LogP contribution in [0.2, 0.25) is 0 Å². The number of carbonyl (C=O) groups excluding carboxylic acids is 4. The predicted octanol–water partition coefficient (Wildman–Crippen LogP) is 4.41. The van der Waals surface area contributed by atoms with Crippen LogP contribution < -0.4 is 20.9 Å². The Morgan fingerprint density at radius 1 is 0.923 bits per heavy atom. The van der Waals surface area contributed by atoms with Crippen LogP contribution in [0, 0.1) is 6.07 Å². The minimum absolute atomic E-state index is 0.130. The molecule has 0 fully saturated rings. The summed E-state index contributed by atoms with van der Waals surface area (Å²) in [5, 5.41) is 16.4. The van der Waals surface area contributed by atoms with E-state index < -0.39 is 42.7 Å². The molecule has 1 unspecified atom stereocenters. The lowest BCUT2D eigenvalue weighted by Crippen LogP contribution is -2.43. The quantitative estimate of drug-likeness (QED) is 0.132. The van der Waals surface area contributed by atoms with E-state index in [0.717, 1.165) is 13.0 Å². The summed E-state index contributed by atoms with van der Waals surface area (Å²) >= 11 is 0. The molecule has 2 aliphatic heterocycles. The van der Waals surface area contributed by atoms with E-state index in [0.29, 0.717) is 12.8 Å². The number of hydrogen-bond donors (Lipinski definition) is 4. The fourth-order valence-electron chi connectivity index (χ4n) is 6.96. The number of para-hydroxylation sites is 1. The normalized spacial score (nSPS) is 16.8. The molecule has 2 heterocycles. The maximum absolute atomic E-state index is 12.7. The van der Waals surface area contributed by atoms with Crippen LogP contribution in [0.25, 0.3) is 0 Å². The number of anilines is 1. The lowest BCUT2D eigenvalue weighted by molar-refractivity contribution is -0.401. The second-order valence-electron chi connectivity index (χ2n) is 14.2. The number of benzene rings is 2. The Labute approximate surface area is 305 Å². The lowest BCUT2D eigenvalue weighted by atomic mass is 9.81. The molecule has 1 atom stereocenters. The second-order valence-corrected chi connectivity index (χ2v) is 14.2. The van der Waals surface area contributed by atoms with Gasteiger partial charge in [-0.15, -0.1) is 0 Å². The Morgan fingerprint density at radius 2 is 1.60 bits per heavy atom. The van der Waals surface area contributed by atoms with Gasteiger partial charge in [0.05, 0.1) is 11.8 Å². The molecule has 12 heteroatoms. The van der Waals surface area contributed by atoms with Crippen LogP contribution in [0.4, 0.5) is 15.8 Å². The molecule has 4 N–H and O–H groups in total. The van der Waals surface area contributed by atoms with E-state index in [1.807, 2.05) is 12.1 Å². The van der Waals surface area contributed by atoms with Gasteiger partial charge in [-0.05, 0) is 50.5 Å². The molecule has 0 aromatic heterocycles. The van der Waals surface area contributed by atoms with Gasteiger partial charge in [-0.1, -0.05) is 50.3 Å². The molecule has 0 bridgehead atoms.